The van der Waals surface area contributed by atoms with E-state index < -0.39 is 19.9 Å². The van der Waals surface area contributed by atoms with E-state index in [-0.39, 0.29) is 29.8 Å². The van der Waals surface area contributed by atoms with Crippen molar-refractivity contribution in [3.8, 4) is 0 Å². The van der Waals surface area contributed by atoms with E-state index in [9.17, 15) is 16.8 Å². The fourth-order valence-electron chi connectivity index (χ4n) is 0.965. The number of rotatable bonds is 7. The predicted molar refractivity (Wildman–Crippen MR) is 66.0 cm³/mol. The molecule has 0 N–H and O–H groups in total. The molecule has 0 saturated heterocycles. The predicted octanol–water partition coefficient (Wildman–Crippen LogP) is 0.167. The maximum Gasteiger partial charge on any atom is 0.214 e. The normalized spacial score (nSPS) is 15.3. The van der Waals surface area contributed by atoms with Gasteiger partial charge in [-0.05, 0) is 5.92 Å². The van der Waals surface area contributed by atoms with Crippen LogP contribution in [0.4, 0.5) is 0 Å². The Balaban J connectivity index is 4.42. The number of hydrogen-bond acceptors (Lipinski definition) is 4. The molecule has 0 aromatic rings. The van der Waals surface area contributed by atoms with Crippen molar-refractivity contribution in [2.24, 2.45) is 5.92 Å². The smallest absolute Gasteiger partial charge is 0.214 e. The summed E-state index contributed by atoms with van der Waals surface area (Å²) in [5.74, 6) is -0.110. The van der Waals surface area contributed by atoms with Crippen molar-refractivity contribution in [1.29, 1.82) is 0 Å². The van der Waals surface area contributed by atoms with Crippen molar-refractivity contribution in [1.82, 2.24) is 4.31 Å². The van der Waals surface area contributed by atoms with Crippen LogP contribution in [0, 0.1) is 5.92 Å². The summed E-state index contributed by atoms with van der Waals surface area (Å²) in [5, 5.41) is 0. The van der Waals surface area contributed by atoms with Crippen LogP contribution < -0.4 is 0 Å². The largest absolute Gasteiger partial charge is 0.229 e. The van der Waals surface area contributed by atoms with E-state index in [1.165, 1.54) is 7.05 Å². The first-order valence-corrected chi connectivity index (χ1v) is 8.96. The number of alkyl halides is 1. The van der Waals surface area contributed by atoms with Crippen LogP contribution in [0.15, 0.2) is 0 Å². The Bertz CT molecular complexity index is 404. The topological polar surface area (TPSA) is 71.5 Å². The lowest BCUT2D eigenvalue weighted by Gasteiger charge is -2.18. The van der Waals surface area contributed by atoms with Crippen molar-refractivity contribution in [3.05, 3.63) is 0 Å². The molecule has 0 aliphatic heterocycles. The maximum absolute atomic E-state index is 11.7. The van der Waals surface area contributed by atoms with Crippen LogP contribution in [0.2, 0.25) is 0 Å². The van der Waals surface area contributed by atoms with Gasteiger partial charge in [0.2, 0.25) is 10.0 Å². The second-order valence-corrected chi connectivity index (χ2v) is 8.68. The second-order valence-electron chi connectivity index (χ2n) is 3.99. The SMILES string of the molecule is CC(CCl)CS(=O)(=O)N(C)CCS(C)(=O)=O. The standard InChI is InChI=1S/C8H18ClNO4S2/c1-8(6-9)7-16(13,14)10(2)4-5-15(3,11)12/h8H,4-7H2,1-3H3. The minimum atomic E-state index is -3.41. The van der Waals surface area contributed by atoms with Crippen LogP contribution in [0.3, 0.4) is 0 Å². The third-order valence-electron chi connectivity index (χ3n) is 2.01. The van der Waals surface area contributed by atoms with Gasteiger partial charge in [-0.3, -0.25) is 0 Å². The van der Waals surface area contributed by atoms with Gasteiger partial charge in [0.1, 0.15) is 9.84 Å². The first-order chi connectivity index (χ1) is 7.08. The summed E-state index contributed by atoms with van der Waals surface area (Å²) in [6.07, 6.45) is 1.08. The molecule has 0 fully saturated rings. The monoisotopic (exact) mass is 291 g/mol. The average Bonchev–Trinajstić information content (AvgIpc) is 2.11. The Morgan fingerprint density at radius 2 is 1.75 bits per heavy atom. The Labute approximate surface area is 103 Å². The summed E-state index contributed by atoms with van der Waals surface area (Å²) in [7, 11) is -5.18. The number of halogens is 1. The highest BCUT2D eigenvalue weighted by molar-refractivity contribution is 7.91. The molecule has 8 heteroatoms. The molecule has 98 valence electrons. The van der Waals surface area contributed by atoms with Gasteiger partial charge < -0.3 is 0 Å². The third kappa shape index (κ3) is 6.67. The molecule has 0 spiro atoms. The van der Waals surface area contributed by atoms with Crippen LogP contribution in [0.1, 0.15) is 6.92 Å². The Kier molecular flexibility index (Phi) is 6.24. The van der Waals surface area contributed by atoms with E-state index in [4.69, 9.17) is 11.6 Å². The van der Waals surface area contributed by atoms with Gasteiger partial charge in [0.05, 0.1) is 11.5 Å². The van der Waals surface area contributed by atoms with Crippen molar-refractivity contribution < 1.29 is 16.8 Å². The minimum Gasteiger partial charge on any atom is -0.229 e. The van der Waals surface area contributed by atoms with Gasteiger partial charge in [-0.1, -0.05) is 6.92 Å². The van der Waals surface area contributed by atoms with Gasteiger partial charge in [0, 0.05) is 25.7 Å². The molecule has 5 nitrogen and oxygen atoms in total. The van der Waals surface area contributed by atoms with E-state index in [1.807, 2.05) is 0 Å². The fourth-order valence-corrected chi connectivity index (χ4v) is 3.39. The van der Waals surface area contributed by atoms with E-state index in [0.717, 1.165) is 10.6 Å². The molecule has 1 atom stereocenters. The van der Waals surface area contributed by atoms with Crippen LogP contribution in [-0.4, -0.2) is 58.4 Å². The number of nitrogens with zero attached hydrogens (tertiary/aromatic N) is 1. The lowest BCUT2D eigenvalue weighted by Crippen LogP contribution is -2.35. The third-order valence-corrected chi connectivity index (χ3v) is 5.58. The molecule has 1 unspecified atom stereocenters. The molecule has 0 radical (unpaired) electrons. The highest BCUT2D eigenvalue weighted by Crippen LogP contribution is 2.07. The molecular weight excluding hydrogens is 274 g/mol. The van der Waals surface area contributed by atoms with E-state index in [2.05, 4.69) is 0 Å². The zero-order chi connectivity index (χ0) is 13.0. The number of sulfonamides is 1. The van der Waals surface area contributed by atoms with Gasteiger partial charge >= 0.3 is 0 Å². The van der Waals surface area contributed by atoms with Crippen LogP contribution in [-0.2, 0) is 19.9 Å². The first kappa shape index (κ1) is 16.1. The molecular formula is C8H18ClNO4S2. The number of hydrogen-bond donors (Lipinski definition) is 0. The molecule has 0 heterocycles. The molecule has 0 bridgehead atoms. The van der Waals surface area contributed by atoms with Crippen LogP contribution in [0.25, 0.3) is 0 Å². The average molecular weight is 292 g/mol. The zero-order valence-corrected chi connectivity index (χ0v) is 12.1. The van der Waals surface area contributed by atoms with Gasteiger partial charge in [-0.15, -0.1) is 11.6 Å². The summed E-state index contributed by atoms with van der Waals surface area (Å²) in [5.41, 5.74) is 0. The summed E-state index contributed by atoms with van der Waals surface area (Å²) in [6, 6.07) is 0. The Morgan fingerprint density at radius 1 is 1.25 bits per heavy atom. The highest BCUT2D eigenvalue weighted by atomic mass is 35.5. The summed E-state index contributed by atoms with van der Waals surface area (Å²) >= 11 is 5.53. The quantitative estimate of drug-likeness (QED) is 0.627. The lowest BCUT2D eigenvalue weighted by atomic mass is 10.3. The van der Waals surface area contributed by atoms with Crippen molar-refractivity contribution in [2.75, 3.05) is 37.2 Å². The maximum atomic E-state index is 11.7. The molecule has 0 aromatic carbocycles. The van der Waals surface area contributed by atoms with Gasteiger partial charge in [0.25, 0.3) is 0 Å². The first-order valence-electron chi connectivity index (χ1n) is 4.76. The van der Waals surface area contributed by atoms with Crippen molar-refractivity contribution >= 4 is 31.5 Å². The molecule has 0 saturated carbocycles. The highest BCUT2D eigenvalue weighted by Gasteiger charge is 2.21. The van der Waals surface area contributed by atoms with Gasteiger partial charge in [-0.25, -0.2) is 21.1 Å². The molecule has 0 amide bonds. The molecule has 0 aliphatic carbocycles. The second kappa shape index (κ2) is 6.18. The van der Waals surface area contributed by atoms with Gasteiger partial charge in [-0.2, -0.15) is 0 Å². The van der Waals surface area contributed by atoms with E-state index in [1.54, 1.807) is 6.92 Å². The summed E-state index contributed by atoms with van der Waals surface area (Å²) < 4.78 is 46.2. The zero-order valence-electron chi connectivity index (χ0n) is 9.68. The van der Waals surface area contributed by atoms with Crippen LogP contribution >= 0.6 is 11.6 Å². The summed E-state index contributed by atoms with van der Waals surface area (Å²) in [6.45, 7) is 1.71. The Hall–Kier alpha value is 0.150. The molecule has 0 rings (SSSR count). The van der Waals surface area contributed by atoms with E-state index in [0.29, 0.717) is 0 Å². The molecule has 16 heavy (non-hydrogen) atoms. The minimum absolute atomic E-state index is 0.0177. The van der Waals surface area contributed by atoms with Crippen LogP contribution in [0.5, 0.6) is 0 Å². The number of sulfone groups is 1. The molecule has 0 aromatic heterocycles. The van der Waals surface area contributed by atoms with Crippen molar-refractivity contribution in [3.63, 3.8) is 0 Å². The van der Waals surface area contributed by atoms with Crippen molar-refractivity contribution in [2.45, 2.75) is 6.92 Å². The van der Waals surface area contributed by atoms with Gasteiger partial charge in [0.15, 0.2) is 0 Å². The summed E-state index contributed by atoms with van der Waals surface area (Å²) in [4.78, 5) is 0. The van der Waals surface area contributed by atoms with E-state index >= 15 is 0 Å². The lowest BCUT2D eigenvalue weighted by molar-refractivity contribution is 0.477. The Morgan fingerprint density at radius 3 is 2.12 bits per heavy atom. The fraction of sp³-hybridized carbons (Fsp3) is 1.00. The molecule has 0 aliphatic rings.